The summed E-state index contributed by atoms with van der Waals surface area (Å²) in [4.78, 5) is 0. The van der Waals surface area contributed by atoms with Gasteiger partial charge in [-0.2, -0.15) is 0 Å². The van der Waals surface area contributed by atoms with Gasteiger partial charge in [-0.25, -0.2) is 0 Å². The van der Waals surface area contributed by atoms with Crippen molar-refractivity contribution in [1.29, 1.82) is 0 Å². The van der Waals surface area contributed by atoms with Crippen LogP contribution in [-0.2, 0) is 28.2 Å². The Bertz CT molecular complexity index is 1130. The fourth-order valence-electron chi connectivity index (χ4n) is 6.18. The molecule has 2 aromatic carbocycles. The topological polar surface area (TPSA) is 0 Å². The van der Waals surface area contributed by atoms with Crippen molar-refractivity contribution in [3.63, 3.8) is 0 Å². The molecule has 0 amide bonds. The molecule has 1 saturated carbocycles. The predicted molar refractivity (Wildman–Crippen MR) is 146 cm³/mol. The van der Waals surface area contributed by atoms with Gasteiger partial charge in [0.15, 0.2) is 0 Å². The van der Waals surface area contributed by atoms with E-state index in [0.29, 0.717) is 4.22 Å². The molecule has 1 fully saturated rings. The van der Waals surface area contributed by atoms with Gasteiger partial charge >= 0.3 is 215 Å². The molecule has 0 N–H and O–H groups in total. The van der Waals surface area contributed by atoms with E-state index in [1.165, 1.54) is 67.2 Å². The zero-order valence-corrected chi connectivity index (χ0v) is 26.1. The Hall–Kier alpha value is -0.916. The minimum Gasteiger partial charge on any atom is -1.00 e. The van der Waals surface area contributed by atoms with E-state index in [1.807, 2.05) is 3.81 Å². The first kappa shape index (κ1) is 29.6. The maximum absolute atomic E-state index is 2.55. The van der Waals surface area contributed by atoms with Crippen molar-refractivity contribution < 1.29 is 42.2 Å². The standard InChI is InChI=1S/C21H25.C7H12.C5H5.2ClH.Ti/c1-20(2,3)16-9-7-14-11-15-8-10-17(21(4,5)6)13-19(15)18(14)12-16;1-2-4-6-7-5-3-1;1-2-4-5-3-1;;;/h7-13H,1-6H3;1-6H2;1-3H,4H2;2*1H;/q;;;;;+2/p-2. The first-order chi connectivity index (χ1) is 16.1. The molecular weight excluding hydrogens is 515 g/mol. The third-order valence-corrected chi connectivity index (χ3v) is 13.7. The van der Waals surface area contributed by atoms with E-state index in [-0.39, 0.29) is 35.6 Å². The summed E-state index contributed by atoms with van der Waals surface area (Å²) >= 11 is -1.70. The molecule has 0 unspecified atom stereocenters. The molecule has 3 aliphatic rings. The number of hydrogen-bond donors (Lipinski definition) is 0. The number of benzene rings is 2. The van der Waals surface area contributed by atoms with Crippen LogP contribution < -0.4 is 24.8 Å². The van der Waals surface area contributed by atoms with Gasteiger partial charge in [0.25, 0.3) is 0 Å². The smallest absolute Gasteiger partial charge is 1.00 e. The number of allylic oxidation sites excluding steroid dienone is 4. The van der Waals surface area contributed by atoms with Crippen LogP contribution in [0.25, 0.3) is 11.1 Å². The van der Waals surface area contributed by atoms with Gasteiger partial charge in [-0.05, 0) is 0 Å². The van der Waals surface area contributed by atoms with Gasteiger partial charge in [-0.3, -0.25) is 0 Å². The van der Waals surface area contributed by atoms with Crippen molar-refractivity contribution in [2.24, 2.45) is 0 Å². The van der Waals surface area contributed by atoms with Gasteiger partial charge in [0.2, 0.25) is 0 Å². The van der Waals surface area contributed by atoms with Crippen LogP contribution in [0.2, 0.25) is 0 Å². The summed E-state index contributed by atoms with van der Waals surface area (Å²) in [5, 5.41) is 0. The second-order valence-corrected chi connectivity index (χ2v) is 17.1. The summed E-state index contributed by atoms with van der Waals surface area (Å²) in [5.74, 6) is 0. The zero-order valence-electron chi connectivity index (χ0n) is 23.0. The molecule has 36 heavy (non-hydrogen) atoms. The molecule has 0 saturated heterocycles. The first-order valence-corrected chi connectivity index (χ1v) is 16.0. The molecule has 3 aliphatic carbocycles. The first-order valence-electron chi connectivity index (χ1n) is 13.5. The van der Waals surface area contributed by atoms with Crippen molar-refractivity contribution in [1.82, 2.24) is 0 Å². The van der Waals surface area contributed by atoms with Gasteiger partial charge in [0.05, 0.1) is 0 Å². The predicted octanol–water partition coefficient (Wildman–Crippen LogP) is 3.35. The fraction of sp³-hybridized carbons (Fsp3) is 0.485. The van der Waals surface area contributed by atoms with Gasteiger partial charge < -0.3 is 24.8 Å². The quantitative estimate of drug-likeness (QED) is 0.393. The second kappa shape index (κ2) is 11.4. The van der Waals surface area contributed by atoms with Crippen LogP contribution in [0, 0.1) is 0 Å². The molecule has 0 nitrogen and oxygen atoms in total. The normalized spacial score (nSPS) is 17.2. The summed E-state index contributed by atoms with van der Waals surface area (Å²) in [6.07, 6.45) is 16.9. The average molecular weight is 557 g/mol. The van der Waals surface area contributed by atoms with Crippen LogP contribution in [0.5, 0.6) is 0 Å². The number of rotatable bonds is 2. The largest absolute Gasteiger partial charge is 1.00 e. The summed E-state index contributed by atoms with van der Waals surface area (Å²) in [6, 6.07) is 15.1. The summed E-state index contributed by atoms with van der Waals surface area (Å²) in [7, 11) is 0. The Morgan fingerprint density at radius 2 is 1.19 bits per heavy atom. The molecule has 0 aliphatic heterocycles. The van der Waals surface area contributed by atoms with Gasteiger partial charge in [-0.15, -0.1) is 0 Å². The molecule has 0 heterocycles. The molecule has 0 aromatic heterocycles. The SMILES string of the molecule is CC(C)(C)c1ccc2c(c1)-c1cc(C(C)(C)C)ccc1[CH]2[Ti+2]([C]1=CC=CC1)=[C]1CCCCCC1.[Cl-].[Cl-]. The maximum atomic E-state index is 2.55. The summed E-state index contributed by atoms with van der Waals surface area (Å²) in [6.45, 7) is 14.1. The third kappa shape index (κ3) is 5.73. The number of hydrogen-bond acceptors (Lipinski definition) is 0. The van der Waals surface area contributed by atoms with Crippen molar-refractivity contribution in [3.8, 4) is 11.1 Å². The van der Waals surface area contributed by atoms with Crippen molar-refractivity contribution in [2.45, 2.75) is 102 Å². The minimum atomic E-state index is -1.70. The fourth-order valence-corrected chi connectivity index (χ4v) is 12.2. The van der Waals surface area contributed by atoms with Crippen LogP contribution in [0.3, 0.4) is 0 Å². The number of halogens is 2. The Labute approximate surface area is 238 Å². The van der Waals surface area contributed by atoms with E-state index in [1.54, 1.807) is 15.0 Å². The summed E-state index contributed by atoms with van der Waals surface area (Å²) in [5.41, 5.74) is 9.59. The Morgan fingerprint density at radius 3 is 1.61 bits per heavy atom. The maximum Gasteiger partial charge on any atom is -1.00 e. The van der Waals surface area contributed by atoms with E-state index in [9.17, 15) is 0 Å². The van der Waals surface area contributed by atoms with E-state index >= 15 is 0 Å². The molecular formula is C33H42Cl2Ti. The van der Waals surface area contributed by atoms with Gasteiger partial charge in [-0.1, -0.05) is 0 Å². The Balaban J connectivity index is 0.00000180. The molecule has 0 bridgehead atoms. The minimum absolute atomic E-state index is 0. The molecule has 2 aromatic rings. The van der Waals surface area contributed by atoms with Crippen molar-refractivity contribution in [2.75, 3.05) is 0 Å². The van der Waals surface area contributed by atoms with E-state index in [4.69, 9.17) is 0 Å². The molecule has 5 rings (SSSR count). The van der Waals surface area contributed by atoms with Crippen LogP contribution in [0.15, 0.2) is 58.5 Å². The van der Waals surface area contributed by atoms with Crippen LogP contribution in [0.4, 0.5) is 0 Å². The van der Waals surface area contributed by atoms with Crippen molar-refractivity contribution >= 4 is 3.81 Å². The van der Waals surface area contributed by atoms with E-state index in [0.717, 1.165) is 0 Å². The van der Waals surface area contributed by atoms with Crippen LogP contribution in [-0.4, -0.2) is 3.81 Å². The molecule has 3 heteroatoms. The monoisotopic (exact) mass is 556 g/mol. The second-order valence-electron chi connectivity index (χ2n) is 12.8. The van der Waals surface area contributed by atoms with Gasteiger partial charge in [0.1, 0.15) is 0 Å². The third-order valence-electron chi connectivity index (χ3n) is 8.24. The number of fused-ring (bicyclic) bond motifs is 3. The zero-order chi connectivity index (χ0) is 24.1. The molecule has 0 atom stereocenters. The molecule has 192 valence electrons. The van der Waals surface area contributed by atoms with E-state index < -0.39 is 17.4 Å². The summed E-state index contributed by atoms with van der Waals surface area (Å²) < 4.78 is 4.41. The molecule has 0 radical (unpaired) electrons. The van der Waals surface area contributed by atoms with E-state index in [2.05, 4.69) is 96.2 Å². The Kier molecular flexibility index (Phi) is 9.43. The molecule has 0 spiro atoms. The van der Waals surface area contributed by atoms with Crippen molar-refractivity contribution in [3.05, 3.63) is 80.8 Å². The van der Waals surface area contributed by atoms with Crippen LogP contribution >= 0.6 is 0 Å². The van der Waals surface area contributed by atoms with Gasteiger partial charge in [0, 0.05) is 0 Å². The Morgan fingerprint density at radius 1 is 0.694 bits per heavy atom. The van der Waals surface area contributed by atoms with Crippen LogP contribution in [0.1, 0.15) is 113 Å². The average Bonchev–Trinajstić information content (AvgIpc) is 3.32.